The number of hydrogen-bond donors (Lipinski definition) is 3. The molecule has 1 saturated heterocycles. The third-order valence-corrected chi connectivity index (χ3v) is 9.78. The van der Waals surface area contributed by atoms with E-state index in [0.29, 0.717) is 12.3 Å². The lowest BCUT2D eigenvalue weighted by Crippen LogP contribution is -2.61. The van der Waals surface area contributed by atoms with Gasteiger partial charge >= 0.3 is 0 Å². The van der Waals surface area contributed by atoms with E-state index in [4.69, 9.17) is 4.74 Å². The molecule has 0 amide bonds. The number of aliphatic hydroxyl groups is 2. The van der Waals surface area contributed by atoms with Crippen molar-refractivity contribution in [3.8, 4) is 0 Å². The Bertz CT molecular complexity index is 1300. The van der Waals surface area contributed by atoms with Crippen LogP contribution in [0.15, 0.2) is 66.0 Å². The molecule has 3 heterocycles. The molecule has 7 unspecified atom stereocenters. The number of aliphatic hydroxyl groups excluding tert-OH is 2. The maximum Gasteiger partial charge on any atom is 0.105 e. The molecule has 2 fully saturated rings. The number of rotatable bonds is 2. The molecule has 1 aromatic heterocycles. The Hall–Kier alpha value is -2.31. The van der Waals surface area contributed by atoms with Crippen LogP contribution < -0.4 is 5.32 Å². The molecule has 3 aliphatic carbocycles. The van der Waals surface area contributed by atoms with Gasteiger partial charge in [0.25, 0.3) is 0 Å². The van der Waals surface area contributed by atoms with Crippen molar-refractivity contribution in [3.05, 3.63) is 71.6 Å². The van der Waals surface area contributed by atoms with Crippen LogP contribution >= 0.6 is 0 Å². The quantitative estimate of drug-likeness (QED) is 0.639. The second kappa shape index (κ2) is 6.88. The van der Waals surface area contributed by atoms with Crippen LogP contribution in [0.5, 0.6) is 0 Å². The van der Waals surface area contributed by atoms with Crippen LogP contribution in [0, 0.1) is 11.3 Å². The van der Waals surface area contributed by atoms with E-state index in [0.717, 1.165) is 31.3 Å². The second-order valence-electron chi connectivity index (χ2n) is 11.2. The number of aromatic nitrogens is 1. The maximum atomic E-state index is 11.0. The van der Waals surface area contributed by atoms with Crippen molar-refractivity contribution in [2.75, 3.05) is 7.05 Å². The molecule has 5 nitrogen and oxygen atoms in total. The van der Waals surface area contributed by atoms with E-state index in [1.807, 2.05) is 19.4 Å². The van der Waals surface area contributed by atoms with Crippen LogP contribution in [0.3, 0.4) is 0 Å². The molecule has 2 aromatic rings. The van der Waals surface area contributed by atoms with Gasteiger partial charge in [-0.05, 0) is 79.0 Å². The molecule has 0 radical (unpaired) electrons. The highest BCUT2D eigenvalue weighted by Gasteiger charge is 2.67. The normalized spacial score (nSPS) is 42.4. The minimum absolute atomic E-state index is 0.00847. The second-order valence-corrected chi connectivity index (χ2v) is 11.2. The molecule has 34 heavy (non-hydrogen) atoms. The number of fused-ring (bicyclic) bond motifs is 2. The number of allylic oxidation sites excluding steroid dienone is 3. The van der Waals surface area contributed by atoms with Crippen LogP contribution in [0.4, 0.5) is 0 Å². The van der Waals surface area contributed by atoms with Crippen LogP contribution in [0.25, 0.3) is 16.3 Å². The van der Waals surface area contributed by atoms with Crippen LogP contribution in [-0.4, -0.2) is 51.7 Å². The van der Waals surface area contributed by atoms with Crippen LogP contribution in [-0.2, 0) is 4.74 Å². The molecule has 1 aromatic carbocycles. The molecular formula is C29H32N2O3. The minimum Gasteiger partial charge on any atom is -0.388 e. The van der Waals surface area contributed by atoms with Gasteiger partial charge in [0, 0.05) is 35.2 Å². The molecule has 7 atom stereocenters. The Morgan fingerprint density at radius 3 is 2.85 bits per heavy atom. The molecule has 5 heteroatoms. The van der Waals surface area contributed by atoms with Crippen molar-refractivity contribution in [2.24, 2.45) is 11.3 Å². The first-order chi connectivity index (χ1) is 16.4. The Morgan fingerprint density at radius 1 is 1.12 bits per heavy atom. The molecule has 2 spiro atoms. The van der Waals surface area contributed by atoms with Gasteiger partial charge in [0.2, 0.25) is 0 Å². The fourth-order valence-corrected chi connectivity index (χ4v) is 8.01. The molecule has 7 rings (SSSR count). The zero-order valence-electron chi connectivity index (χ0n) is 19.8. The Kier molecular flexibility index (Phi) is 4.25. The summed E-state index contributed by atoms with van der Waals surface area (Å²) >= 11 is 0. The average molecular weight is 457 g/mol. The topological polar surface area (TPSA) is 74.6 Å². The van der Waals surface area contributed by atoms with Gasteiger partial charge in [0.1, 0.15) is 6.10 Å². The molecule has 2 bridgehead atoms. The molecule has 176 valence electrons. The Balaban J connectivity index is 1.30. The number of hydrogen-bond acceptors (Lipinski definition) is 5. The van der Waals surface area contributed by atoms with E-state index in [9.17, 15) is 10.2 Å². The van der Waals surface area contributed by atoms with Crippen LogP contribution in [0.1, 0.15) is 44.6 Å². The van der Waals surface area contributed by atoms with E-state index in [1.165, 1.54) is 27.5 Å². The number of pyridine rings is 1. The van der Waals surface area contributed by atoms with Crippen LogP contribution in [0.2, 0.25) is 0 Å². The van der Waals surface area contributed by atoms with E-state index < -0.39 is 17.8 Å². The average Bonchev–Trinajstić information content (AvgIpc) is 3.37. The largest absolute Gasteiger partial charge is 0.388 e. The van der Waals surface area contributed by atoms with Gasteiger partial charge in [-0.15, -0.1) is 0 Å². The highest BCUT2D eigenvalue weighted by molar-refractivity contribution is 5.87. The first-order valence-electron chi connectivity index (χ1n) is 12.6. The van der Waals surface area contributed by atoms with Gasteiger partial charge in [0.05, 0.1) is 17.3 Å². The lowest BCUT2D eigenvalue weighted by atomic mass is 9.58. The summed E-state index contributed by atoms with van der Waals surface area (Å²) in [7, 11) is 1.86. The highest BCUT2D eigenvalue weighted by atomic mass is 16.5. The fraction of sp³-hybridized carbons (Fsp3) is 0.483. The minimum atomic E-state index is -0.889. The maximum absolute atomic E-state index is 11.0. The first-order valence-corrected chi connectivity index (χ1v) is 12.6. The smallest absolute Gasteiger partial charge is 0.105 e. The summed E-state index contributed by atoms with van der Waals surface area (Å²) in [4.78, 5) is 4.33. The van der Waals surface area contributed by atoms with Crippen molar-refractivity contribution >= 4 is 16.3 Å². The zero-order valence-corrected chi connectivity index (χ0v) is 19.8. The van der Waals surface area contributed by atoms with Gasteiger partial charge in [0.15, 0.2) is 0 Å². The predicted molar refractivity (Wildman–Crippen MR) is 132 cm³/mol. The van der Waals surface area contributed by atoms with E-state index in [1.54, 1.807) is 0 Å². The van der Waals surface area contributed by atoms with E-state index >= 15 is 0 Å². The number of ether oxygens (including phenoxy) is 1. The van der Waals surface area contributed by atoms with Crippen molar-refractivity contribution in [1.29, 1.82) is 0 Å². The number of nitrogens with one attached hydrogen (secondary N) is 1. The number of likely N-dealkylation sites (N-methyl/N-ethyl adjacent to an activating group) is 1. The van der Waals surface area contributed by atoms with Gasteiger partial charge in [-0.2, -0.15) is 0 Å². The standard InChI is InChI=1S/C29H32N2O3/c1-27-9-7-20-14-22-25(32)26(33)23(30-2)15-28(22)10-11-29(20,34-28)24(27)6-5-21(27)18-4-3-17-8-12-31-16-19(17)13-18/h3-5,7-8,12-14,16,23-26,30,32-33H,6,9-11,15H2,1-2H3. The molecular weight excluding hydrogens is 424 g/mol. The SMILES string of the molecule is CNC1CC23CCC4(O2)C(=CCC2(C)C(c5ccc6ccncc6c5)=CCC24)C=C3C(O)C1O. The van der Waals surface area contributed by atoms with Crippen molar-refractivity contribution < 1.29 is 14.9 Å². The number of benzene rings is 1. The van der Waals surface area contributed by atoms with Gasteiger partial charge in [-0.3, -0.25) is 4.98 Å². The summed E-state index contributed by atoms with van der Waals surface area (Å²) in [6.45, 7) is 2.41. The summed E-state index contributed by atoms with van der Waals surface area (Å²) in [5.41, 5.74) is 3.97. The number of nitrogens with zero attached hydrogens (tertiary/aromatic N) is 1. The third kappa shape index (κ3) is 2.51. The van der Waals surface area contributed by atoms with Gasteiger partial charge in [-0.1, -0.05) is 37.3 Å². The Labute approximate surface area is 200 Å². The Morgan fingerprint density at radius 2 is 2.00 bits per heavy atom. The summed E-state index contributed by atoms with van der Waals surface area (Å²) in [5, 5.41) is 27.3. The predicted octanol–water partition coefficient (Wildman–Crippen LogP) is 3.92. The molecule has 1 saturated carbocycles. The summed E-state index contributed by atoms with van der Waals surface area (Å²) in [5.74, 6) is 0.355. The lowest BCUT2D eigenvalue weighted by Gasteiger charge is -2.55. The van der Waals surface area contributed by atoms with E-state index in [2.05, 4.69) is 59.7 Å². The summed E-state index contributed by atoms with van der Waals surface area (Å²) in [6.07, 6.45) is 13.6. The molecule has 2 aliphatic heterocycles. The summed E-state index contributed by atoms with van der Waals surface area (Å²) < 4.78 is 7.17. The first kappa shape index (κ1) is 21.0. The van der Waals surface area contributed by atoms with Crippen molar-refractivity contribution in [3.63, 3.8) is 0 Å². The molecule has 5 aliphatic rings. The monoisotopic (exact) mass is 456 g/mol. The zero-order chi connectivity index (χ0) is 23.3. The van der Waals surface area contributed by atoms with E-state index in [-0.39, 0.29) is 17.1 Å². The lowest BCUT2D eigenvalue weighted by molar-refractivity contribution is -0.153. The summed E-state index contributed by atoms with van der Waals surface area (Å²) in [6, 6.07) is 8.63. The molecule has 3 N–H and O–H groups in total. The van der Waals surface area contributed by atoms with Gasteiger partial charge < -0.3 is 20.3 Å². The fourth-order valence-electron chi connectivity index (χ4n) is 8.01. The van der Waals surface area contributed by atoms with Crippen molar-refractivity contribution in [1.82, 2.24) is 10.3 Å². The third-order valence-electron chi connectivity index (χ3n) is 9.78. The van der Waals surface area contributed by atoms with Crippen molar-refractivity contribution in [2.45, 2.75) is 68.5 Å². The highest BCUT2D eigenvalue weighted by Crippen LogP contribution is 2.67. The van der Waals surface area contributed by atoms with Gasteiger partial charge in [-0.25, -0.2) is 0 Å².